The molecule has 2 aromatic heterocycles. The summed E-state index contributed by atoms with van der Waals surface area (Å²) in [5.74, 6) is 1.32. The van der Waals surface area contributed by atoms with Crippen molar-refractivity contribution >= 4 is 5.95 Å². The van der Waals surface area contributed by atoms with Crippen LogP contribution >= 0.6 is 0 Å². The number of aromatic nitrogens is 3. The highest BCUT2D eigenvalue weighted by Gasteiger charge is 2.23. The lowest BCUT2D eigenvalue weighted by molar-refractivity contribution is 0.495. The SMILES string of the molecule is c1ccc([C@@H]2CCCN(c3ncccn3)C2)nc1. The maximum atomic E-state index is 4.46. The molecule has 3 heterocycles. The molecule has 18 heavy (non-hydrogen) atoms. The van der Waals surface area contributed by atoms with Crippen LogP contribution in [0.1, 0.15) is 24.5 Å². The Bertz CT molecular complexity index is 440. The predicted molar refractivity (Wildman–Crippen MR) is 70.5 cm³/mol. The average molecular weight is 240 g/mol. The van der Waals surface area contributed by atoms with Crippen LogP contribution in [0.2, 0.25) is 0 Å². The molecule has 0 N–H and O–H groups in total. The third kappa shape index (κ3) is 2.32. The highest BCUT2D eigenvalue weighted by Crippen LogP contribution is 2.26. The summed E-state index contributed by atoms with van der Waals surface area (Å²) in [4.78, 5) is 15.4. The molecule has 0 amide bonds. The van der Waals surface area contributed by atoms with E-state index in [-0.39, 0.29) is 0 Å². The molecule has 0 unspecified atom stereocenters. The monoisotopic (exact) mass is 240 g/mol. The number of rotatable bonds is 2. The van der Waals surface area contributed by atoms with Crippen LogP contribution < -0.4 is 4.90 Å². The molecule has 0 saturated carbocycles. The van der Waals surface area contributed by atoms with Gasteiger partial charge in [-0.3, -0.25) is 4.98 Å². The molecule has 0 bridgehead atoms. The number of piperidine rings is 1. The van der Waals surface area contributed by atoms with Crippen molar-refractivity contribution in [1.82, 2.24) is 15.0 Å². The van der Waals surface area contributed by atoms with Crippen LogP contribution in [-0.4, -0.2) is 28.0 Å². The molecule has 4 nitrogen and oxygen atoms in total. The van der Waals surface area contributed by atoms with Gasteiger partial charge in [0.2, 0.25) is 5.95 Å². The summed E-state index contributed by atoms with van der Waals surface area (Å²) in [6, 6.07) is 7.98. The van der Waals surface area contributed by atoms with Gasteiger partial charge in [0.15, 0.2) is 0 Å². The van der Waals surface area contributed by atoms with Crippen molar-refractivity contribution in [3.05, 3.63) is 48.5 Å². The fourth-order valence-electron chi connectivity index (χ4n) is 2.47. The average Bonchev–Trinajstić information content (AvgIpc) is 2.49. The van der Waals surface area contributed by atoms with Crippen molar-refractivity contribution in [2.24, 2.45) is 0 Å². The normalized spacial score (nSPS) is 19.8. The Balaban J connectivity index is 1.77. The molecular weight excluding hydrogens is 224 g/mol. The lowest BCUT2D eigenvalue weighted by atomic mass is 9.94. The van der Waals surface area contributed by atoms with Crippen molar-refractivity contribution in [3.63, 3.8) is 0 Å². The number of nitrogens with zero attached hydrogens (tertiary/aromatic N) is 4. The first-order valence-electron chi connectivity index (χ1n) is 6.36. The summed E-state index contributed by atoms with van der Waals surface area (Å²) in [7, 11) is 0. The number of hydrogen-bond acceptors (Lipinski definition) is 4. The van der Waals surface area contributed by atoms with Crippen molar-refractivity contribution in [2.45, 2.75) is 18.8 Å². The Labute approximate surface area is 107 Å². The first-order chi connectivity index (χ1) is 8.93. The molecule has 1 saturated heterocycles. The molecule has 1 aliphatic rings. The van der Waals surface area contributed by atoms with Crippen LogP contribution in [0.25, 0.3) is 0 Å². The third-order valence-electron chi connectivity index (χ3n) is 3.36. The smallest absolute Gasteiger partial charge is 0.225 e. The van der Waals surface area contributed by atoms with E-state index in [4.69, 9.17) is 0 Å². The van der Waals surface area contributed by atoms with Crippen LogP contribution in [0.4, 0.5) is 5.95 Å². The van der Waals surface area contributed by atoms with E-state index in [9.17, 15) is 0 Å². The second kappa shape index (κ2) is 5.12. The van der Waals surface area contributed by atoms with Crippen molar-refractivity contribution in [3.8, 4) is 0 Å². The number of hydrogen-bond donors (Lipinski definition) is 0. The molecule has 4 heteroatoms. The van der Waals surface area contributed by atoms with Gasteiger partial charge in [0, 0.05) is 43.3 Å². The highest BCUT2D eigenvalue weighted by atomic mass is 15.2. The third-order valence-corrected chi connectivity index (χ3v) is 3.36. The van der Waals surface area contributed by atoms with E-state index in [1.807, 2.05) is 18.3 Å². The van der Waals surface area contributed by atoms with Gasteiger partial charge >= 0.3 is 0 Å². The van der Waals surface area contributed by atoms with Crippen molar-refractivity contribution in [2.75, 3.05) is 18.0 Å². The lowest BCUT2D eigenvalue weighted by Crippen LogP contribution is -2.35. The van der Waals surface area contributed by atoms with Crippen molar-refractivity contribution < 1.29 is 0 Å². The number of pyridine rings is 1. The topological polar surface area (TPSA) is 41.9 Å². The van der Waals surface area contributed by atoms with E-state index in [0.29, 0.717) is 5.92 Å². The summed E-state index contributed by atoms with van der Waals surface area (Å²) >= 11 is 0. The summed E-state index contributed by atoms with van der Waals surface area (Å²) in [5.41, 5.74) is 1.18. The standard InChI is InChI=1S/C14H16N4/c1-2-7-15-13(6-1)12-5-3-10-18(11-12)14-16-8-4-9-17-14/h1-2,4,6-9,12H,3,5,10-11H2/t12-/m1/s1. The molecular formula is C14H16N4. The minimum absolute atomic E-state index is 0.490. The van der Waals surface area contributed by atoms with Crippen LogP contribution in [0.5, 0.6) is 0 Å². The Morgan fingerprint density at radius 3 is 2.61 bits per heavy atom. The first-order valence-corrected chi connectivity index (χ1v) is 6.36. The molecule has 0 aliphatic carbocycles. The quantitative estimate of drug-likeness (QED) is 0.807. The van der Waals surface area contributed by atoms with Crippen molar-refractivity contribution in [1.29, 1.82) is 0 Å². The molecule has 0 radical (unpaired) electrons. The lowest BCUT2D eigenvalue weighted by Gasteiger charge is -2.32. The molecule has 1 atom stereocenters. The summed E-state index contributed by atoms with van der Waals surface area (Å²) < 4.78 is 0. The minimum Gasteiger partial charge on any atom is -0.340 e. The van der Waals surface area contributed by atoms with E-state index in [1.165, 1.54) is 18.5 Å². The van der Waals surface area contributed by atoms with Gasteiger partial charge in [-0.25, -0.2) is 9.97 Å². The maximum absolute atomic E-state index is 4.46. The fourth-order valence-corrected chi connectivity index (χ4v) is 2.47. The van der Waals surface area contributed by atoms with E-state index in [0.717, 1.165) is 19.0 Å². The van der Waals surface area contributed by atoms with Gasteiger partial charge in [-0.1, -0.05) is 6.07 Å². The van der Waals surface area contributed by atoms with Gasteiger partial charge in [0.25, 0.3) is 0 Å². The van der Waals surface area contributed by atoms with Gasteiger partial charge in [-0.2, -0.15) is 0 Å². The van der Waals surface area contributed by atoms with E-state index < -0.39 is 0 Å². The molecule has 0 spiro atoms. The maximum Gasteiger partial charge on any atom is 0.225 e. The Morgan fingerprint density at radius 1 is 1.00 bits per heavy atom. The molecule has 92 valence electrons. The number of anilines is 1. The zero-order valence-corrected chi connectivity index (χ0v) is 10.2. The van der Waals surface area contributed by atoms with Crippen LogP contribution in [-0.2, 0) is 0 Å². The van der Waals surface area contributed by atoms with Crippen LogP contribution in [0.3, 0.4) is 0 Å². The Hall–Kier alpha value is -1.97. The van der Waals surface area contributed by atoms with Gasteiger partial charge in [0.1, 0.15) is 0 Å². The second-order valence-corrected chi connectivity index (χ2v) is 4.59. The van der Waals surface area contributed by atoms with E-state index in [2.05, 4.69) is 32.0 Å². The zero-order valence-electron chi connectivity index (χ0n) is 10.2. The Morgan fingerprint density at radius 2 is 1.83 bits per heavy atom. The zero-order chi connectivity index (χ0) is 12.2. The summed E-state index contributed by atoms with van der Waals surface area (Å²) in [6.07, 6.45) is 7.83. The van der Waals surface area contributed by atoms with Gasteiger partial charge in [-0.15, -0.1) is 0 Å². The summed E-state index contributed by atoms with van der Waals surface area (Å²) in [5, 5.41) is 0. The molecule has 1 aliphatic heterocycles. The second-order valence-electron chi connectivity index (χ2n) is 4.59. The predicted octanol–water partition coefficient (Wildman–Crippen LogP) is 2.26. The minimum atomic E-state index is 0.490. The Kier molecular flexibility index (Phi) is 3.17. The largest absolute Gasteiger partial charge is 0.340 e. The first kappa shape index (κ1) is 11.1. The molecule has 3 rings (SSSR count). The van der Waals surface area contributed by atoms with Crippen LogP contribution in [0, 0.1) is 0 Å². The molecule has 1 fully saturated rings. The molecule has 0 aromatic carbocycles. The fraction of sp³-hybridized carbons (Fsp3) is 0.357. The van der Waals surface area contributed by atoms with E-state index in [1.54, 1.807) is 12.4 Å². The highest BCUT2D eigenvalue weighted by molar-refractivity contribution is 5.31. The molecule has 2 aromatic rings. The van der Waals surface area contributed by atoms with Gasteiger partial charge in [0.05, 0.1) is 0 Å². The van der Waals surface area contributed by atoms with Crippen LogP contribution in [0.15, 0.2) is 42.9 Å². The van der Waals surface area contributed by atoms with Gasteiger partial charge in [-0.05, 0) is 31.0 Å². The summed E-state index contributed by atoms with van der Waals surface area (Å²) in [6.45, 7) is 1.99. The van der Waals surface area contributed by atoms with Gasteiger partial charge < -0.3 is 4.90 Å². The van der Waals surface area contributed by atoms with E-state index >= 15 is 0 Å².